The van der Waals surface area contributed by atoms with Crippen LogP contribution >= 0.6 is 0 Å². The van der Waals surface area contributed by atoms with Gasteiger partial charge >= 0.3 is 0 Å². The SMILES string of the molecule is c1ccc(C2(c3ccccc3)c3ccccc3-c3c(N(c4cccc(-c5ccc6ccccc6c5)c4)c4ccccc4-c4cccc5oc6cc7ccccc7cc6c45)cccc32)cc1. The maximum atomic E-state index is 6.68. The number of benzene rings is 11. The zero-order valence-corrected chi connectivity index (χ0v) is 35.5. The molecule has 1 aliphatic carbocycles. The molecule has 0 amide bonds. The van der Waals surface area contributed by atoms with E-state index in [0.29, 0.717) is 0 Å². The van der Waals surface area contributed by atoms with Crippen LogP contribution in [-0.2, 0) is 5.41 Å². The molecule has 1 heterocycles. The van der Waals surface area contributed by atoms with E-state index in [1.807, 2.05) is 0 Å². The zero-order chi connectivity index (χ0) is 42.9. The summed E-state index contributed by atoms with van der Waals surface area (Å²) >= 11 is 0. The van der Waals surface area contributed by atoms with Gasteiger partial charge in [-0.1, -0.05) is 200 Å². The van der Waals surface area contributed by atoms with Crippen molar-refractivity contribution in [1.82, 2.24) is 0 Å². The van der Waals surface area contributed by atoms with Crippen LogP contribution in [0.5, 0.6) is 0 Å². The lowest BCUT2D eigenvalue weighted by Gasteiger charge is -2.34. The summed E-state index contributed by atoms with van der Waals surface area (Å²) in [7, 11) is 0. The van der Waals surface area contributed by atoms with E-state index in [2.05, 4.69) is 254 Å². The minimum Gasteiger partial charge on any atom is -0.456 e. The minimum absolute atomic E-state index is 0.549. The van der Waals surface area contributed by atoms with Crippen LogP contribution < -0.4 is 4.90 Å². The van der Waals surface area contributed by atoms with Crippen molar-refractivity contribution in [3.05, 3.63) is 271 Å². The van der Waals surface area contributed by atoms with Crippen molar-refractivity contribution in [2.24, 2.45) is 0 Å². The summed E-state index contributed by atoms with van der Waals surface area (Å²) in [4.78, 5) is 2.51. The lowest BCUT2D eigenvalue weighted by Crippen LogP contribution is -2.28. The molecule has 1 aliphatic rings. The largest absolute Gasteiger partial charge is 0.456 e. The van der Waals surface area contributed by atoms with Crippen LogP contribution in [0.1, 0.15) is 22.3 Å². The molecule has 0 fully saturated rings. The van der Waals surface area contributed by atoms with E-state index in [9.17, 15) is 0 Å². The molecule has 0 radical (unpaired) electrons. The van der Waals surface area contributed by atoms with Crippen LogP contribution in [0.2, 0.25) is 0 Å². The van der Waals surface area contributed by atoms with Gasteiger partial charge in [0.15, 0.2) is 0 Å². The average molecular weight is 828 g/mol. The highest BCUT2D eigenvalue weighted by Gasteiger charge is 2.47. The molecule has 0 atom stereocenters. The Kier molecular flexibility index (Phi) is 8.47. The zero-order valence-electron chi connectivity index (χ0n) is 35.5. The van der Waals surface area contributed by atoms with Gasteiger partial charge in [0.05, 0.1) is 16.8 Å². The Labute approximate surface area is 377 Å². The molecule has 0 bridgehead atoms. The molecule has 0 aliphatic heterocycles. The number of rotatable bonds is 7. The van der Waals surface area contributed by atoms with E-state index < -0.39 is 5.41 Å². The molecular formula is C63H41NO. The lowest BCUT2D eigenvalue weighted by atomic mass is 9.68. The number of anilines is 3. The molecule has 2 nitrogen and oxygen atoms in total. The van der Waals surface area contributed by atoms with Crippen LogP contribution in [0, 0.1) is 0 Å². The predicted octanol–water partition coefficient (Wildman–Crippen LogP) is 17.1. The van der Waals surface area contributed by atoms with Crippen LogP contribution in [-0.4, -0.2) is 0 Å². The predicted molar refractivity (Wildman–Crippen MR) is 272 cm³/mol. The highest BCUT2D eigenvalue weighted by Crippen LogP contribution is 2.60. The van der Waals surface area contributed by atoms with Crippen LogP contribution in [0.3, 0.4) is 0 Å². The van der Waals surface area contributed by atoms with Gasteiger partial charge in [-0.2, -0.15) is 0 Å². The van der Waals surface area contributed by atoms with Crippen molar-refractivity contribution in [2.75, 3.05) is 4.90 Å². The normalized spacial score (nSPS) is 12.7. The molecular weight excluding hydrogens is 787 g/mol. The molecule has 304 valence electrons. The number of fused-ring (bicyclic) bond motifs is 8. The van der Waals surface area contributed by atoms with Crippen molar-refractivity contribution >= 4 is 60.5 Å². The molecule has 13 rings (SSSR count). The van der Waals surface area contributed by atoms with Crippen molar-refractivity contribution < 1.29 is 4.42 Å². The van der Waals surface area contributed by atoms with Gasteiger partial charge in [-0.25, -0.2) is 0 Å². The first kappa shape index (κ1) is 37.1. The number of furan rings is 1. The molecule has 0 spiro atoms. The third-order valence-corrected chi connectivity index (χ3v) is 13.7. The Morgan fingerprint density at radius 1 is 0.338 bits per heavy atom. The number of hydrogen-bond acceptors (Lipinski definition) is 2. The smallest absolute Gasteiger partial charge is 0.136 e. The molecule has 65 heavy (non-hydrogen) atoms. The number of nitrogens with zero attached hydrogens (tertiary/aromatic N) is 1. The first-order chi connectivity index (χ1) is 32.2. The Balaban J connectivity index is 1.11. The van der Waals surface area contributed by atoms with Crippen LogP contribution in [0.15, 0.2) is 253 Å². The van der Waals surface area contributed by atoms with E-state index in [4.69, 9.17) is 4.42 Å². The topological polar surface area (TPSA) is 16.4 Å². The Bertz CT molecular complexity index is 3750. The van der Waals surface area contributed by atoms with Gasteiger partial charge < -0.3 is 9.32 Å². The van der Waals surface area contributed by atoms with Gasteiger partial charge in [0.25, 0.3) is 0 Å². The molecule has 0 saturated carbocycles. The standard InChI is InChI=1S/C63H41NO/c1-3-23-48(24-4-1)63(49-25-5-2-6-26-49)55-31-13-11-29-53(55)62-56(63)32-17-34-58(62)64(50-27-15-22-44(39-50)47-37-36-42-18-7-8-19-43(42)38-47)57-33-14-12-28-51(57)52-30-16-35-59-61(52)54-40-45-20-9-10-21-46(45)41-60(54)65-59/h1-41H. The summed E-state index contributed by atoms with van der Waals surface area (Å²) in [6.45, 7) is 0. The second kappa shape index (κ2) is 14.8. The Hall–Kier alpha value is -8.46. The fourth-order valence-corrected chi connectivity index (χ4v) is 10.9. The molecule has 0 unspecified atom stereocenters. The molecule has 0 saturated heterocycles. The molecule has 2 heteroatoms. The first-order valence-electron chi connectivity index (χ1n) is 22.4. The molecule has 12 aromatic rings. The molecule has 0 N–H and O–H groups in total. The highest BCUT2D eigenvalue weighted by molar-refractivity contribution is 6.17. The molecule has 11 aromatic carbocycles. The van der Waals surface area contributed by atoms with Crippen LogP contribution in [0.4, 0.5) is 17.1 Å². The second-order valence-corrected chi connectivity index (χ2v) is 17.2. The van der Waals surface area contributed by atoms with Gasteiger partial charge in [0.2, 0.25) is 0 Å². The quantitative estimate of drug-likeness (QED) is 0.159. The van der Waals surface area contributed by atoms with Crippen molar-refractivity contribution in [2.45, 2.75) is 5.41 Å². The summed E-state index contributed by atoms with van der Waals surface area (Å²) in [5.74, 6) is 0. The third-order valence-electron chi connectivity index (χ3n) is 13.7. The summed E-state index contributed by atoms with van der Waals surface area (Å²) in [6, 6.07) is 91.0. The fourth-order valence-electron chi connectivity index (χ4n) is 10.9. The number of hydrogen-bond donors (Lipinski definition) is 0. The van der Waals surface area contributed by atoms with Gasteiger partial charge in [-0.05, 0) is 115 Å². The van der Waals surface area contributed by atoms with Crippen molar-refractivity contribution in [3.8, 4) is 33.4 Å². The summed E-state index contributed by atoms with van der Waals surface area (Å²) in [5, 5.41) is 7.04. The molecule has 1 aromatic heterocycles. The fraction of sp³-hybridized carbons (Fsp3) is 0.0159. The summed E-state index contributed by atoms with van der Waals surface area (Å²) in [6.07, 6.45) is 0. The first-order valence-corrected chi connectivity index (χ1v) is 22.4. The van der Waals surface area contributed by atoms with Crippen molar-refractivity contribution in [3.63, 3.8) is 0 Å². The van der Waals surface area contributed by atoms with E-state index >= 15 is 0 Å². The van der Waals surface area contributed by atoms with Crippen LogP contribution in [0.25, 0.3) is 76.9 Å². The van der Waals surface area contributed by atoms with E-state index in [1.54, 1.807) is 0 Å². The Morgan fingerprint density at radius 3 is 1.69 bits per heavy atom. The van der Waals surface area contributed by atoms with Gasteiger partial charge in [0, 0.05) is 27.6 Å². The van der Waals surface area contributed by atoms with E-state index in [-0.39, 0.29) is 0 Å². The van der Waals surface area contributed by atoms with E-state index in [0.717, 1.165) is 55.7 Å². The summed E-state index contributed by atoms with van der Waals surface area (Å²) in [5.41, 5.74) is 16.5. The van der Waals surface area contributed by atoms with Gasteiger partial charge in [-0.3, -0.25) is 0 Å². The minimum atomic E-state index is -0.549. The Morgan fingerprint density at radius 2 is 0.908 bits per heavy atom. The van der Waals surface area contributed by atoms with Gasteiger partial charge in [-0.15, -0.1) is 0 Å². The number of para-hydroxylation sites is 1. The third kappa shape index (κ3) is 5.74. The van der Waals surface area contributed by atoms with Gasteiger partial charge in [0.1, 0.15) is 11.2 Å². The second-order valence-electron chi connectivity index (χ2n) is 17.2. The summed E-state index contributed by atoms with van der Waals surface area (Å²) < 4.78 is 6.68. The monoisotopic (exact) mass is 827 g/mol. The maximum Gasteiger partial charge on any atom is 0.136 e. The lowest BCUT2D eigenvalue weighted by molar-refractivity contribution is 0.669. The van der Waals surface area contributed by atoms with E-state index in [1.165, 1.54) is 60.5 Å². The maximum absolute atomic E-state index is 6.68. The highest BCUT2D eigenvalue weighted by atomic mass is 16.3. The average Bonchev–Trinajstić information content (AvgIpc) is 3.90. The van der Waals surface area contributed by atoms with Crippen molar-refractivity contribution in [1.29, 1.82) is 0 Å².